The van der Waals surface area contributed by atoms with Crippen LogP contribution in [0.15, 0.2) is 41.1 Å². The van der Waals surface area contributed by atoms with Gasteiger partial charge in [-0.25, -0.2) is 4.79 Å². The molecule has 2 aromatic rings. The number of rotatable bonds is 3. The summed E-state index contributed by atoms with van der Waals surface area (Å²) < 4.78 is 11.1. The van der Waals surface area contributed by atoms with Gasteiger partial charge in [-0.1, -0.05) is 0 Å². The van der Waals surface area contributed by atoms with Crippen LogP contribution in [0.2, 0.25) is 0 Å². The van der Waals surface area contributed by atoms with Gasteiger partial charge in [0.05, 0.1) is 13.3 Å². The minimum absolute atomic E-state index is 0.266. The largest absolute Gasteiger partial charge is 0.465 e. The molecule has 0 aliphatic carbocycles. The number of pyridine rings is 1. The van der Waals surface area contributed by atoms with Crippen LogP contribution in [0.4, 0.5) is 5.69 Å². The lowest BCUT2D eigenvalue weighted by atomic mass is 10.2. The number of nitrogen functional groups attached to an aromatic ring is 1. The van der Waals surface area contributed by atoms with Crippen molar-refractivity contribution in [2.24, 2.45) is 0 Å². The molecule has 2 rings (SSSR count). The first-order valence-corrected chi connectivity index (χ1v) is 6.15. The van der Waals surface area contributed by atoms with Crippen LogP contribution in [0, 0.1) is 0 Å². The molecule has 1 aromatic carbocycles. The molecule has 0 saturated carbocycles. The van der Waals surface area contributed by atoms with Crippen molar-refractivity contribution >= 4 is 27.6 Å². The van der Waals surface area contributed by atoms with Crippen molar-refractivity contribution in [3.63, 3.8) is 0 Å². The number of nitrogens with zero attached hydrogens (tertiary/aromatic N) is 1. The summed E-state index contributed by atoms with van der Waals surface area (Å²) in [4.78, 5) is 15.6. The molecule has 0 radical (unpaired) electrons. The minimum atomic E-state index is -0.509. The second-order valence-corrected chi connectivity index (χ2v) is 4.60. The van der Waals surface area contributed by atoms with Crippen molar-refractivity contribution in [1.29, 1.82) is 0 Å². The molecule has 0 bridgehead atoms. The van der Waals surface area contributed by atoms with Gasteiger partial charge in [-0.2, -0.15) is 0 Å². The Morgan fingerprint density at radius 3 is 2.79 bits per heavy atom. The molecule has 6 heteroatoms. The molecule has 0 aliphatic rings. The molecule has 0 saturated heterocycles. The van der Waals surface area contributed by atoms with E-state index in [4.69, 9.17) is 15.2 Å². The quantitative estimate of drug-likeness (QED) is 0.694. The molecule has 1 aromatic heterocycles. The molecule has 0 atom stereocenters. The Bertz CT molecular complexity index is 617. The SMILES string of the molecule is COC(=O)c1cc(N)ccc1Oc1cncc(Br)c1. The zero-order valence-electron chi connectivity index (χ0n) is 10.1. The number of ether oxygens (including phenoxy) is 2. The summed E-state index contributed by atoms with van der Waals surface area (Å²) in [6.07, 6.45) is 3.18. The smallest absolute Gasteiger partial charge is 0.341 e. The molecule has 0 unspecified atom stereocenters. The monoisotopic (exact) mass is 322 g/mol. The number of methoxy groups -OCH3 is 1. The first-order valence-electron chi connectivity index (χ1n) is 5.36. The van der Waals surface area contributed by atoms with Crippen LogP contribution in [-0.4, -0.2) is 18.1 Å². The fourth-order valence-corrected chi connectivity index (χ4v) is 1.83. The summed E-state index contributed by atoms with van der Waals surface area (Å²) in [5, 5.41) is 0. The van der Waals surface area contributed by atoms with Gasteiger partial charge in [0.1, 0.15) is 17.1 Å². The number of hydrogen-bond acceptors (Lipinski definition) is 5. The highest BCUT2D eigenvalue weighted by Gasteiger charge is 2.14. The van der Waals surface area contributed by atoms with Gasteiger partial charge >= 0.3 is 5.97 Å². The number of nitrogens with two attached hydrogens (primary N) is 1. The lowest BCUT2D eigenvalue weighted by molar-refractivity contribution is 0.0598. The standard InChI is InChI=1S/C13H11BrN2O3/c1-18-13(17)11-5-9(15)2-3-12(11)19-10-4-8(14)6-16-7-10/h2-7H,15H2,1H3. The Kier molecular flexibility index (Phi) is 4.01. The molecule has 2 N–H and O–H groups in total. The summed E-state index contributed by atoms with van der Waals surface area (Å²) in [6, 6.07) is 6.51. The highest BCUT2D eigenvalue weighted by molar-refractivity contribution is 9.10. The fourth-order valence-electron chi connectivity index (χ4n) is 1.48. The zero-order chi connectivity index (χ0) is 13.8. The van der Waals surface area contributed by atoms with Crippen molar-refractivity contribution in [3.8, 4) is 11.5 Å². The number of carbonyl (C=O) groups is 1. The van der Waals surface area contributed by atoms with Gasteiger partial charge < -0.3 is 15.2 Å². The van der Waals surface area contributed by atoms with Gasteiger partial charge in [-0.3, -0.25) is 4.98 Å². The van der Waals surface area contributed by atoms with Gasteiger partial charge in [0.25, 0.3) is 0 Å². The topological polar surface area (TPSA) is 74.4 Å². The fraction of sp³-hybridized carbons (Fsp3) is 0.0769. The van der Waals surface area contributed by atoms with E-state index in [2.05, 4.69) is 20.9 Å². The second-order valence-electron chi connectivity index (χ2n) is 3.69. The lowest BCUT2D eigenvalue weighted by Crippen LogP contribution is -2.04. The molecular formula is C13H11BrN2O3. The van der Waals surface area contributed by atoms with Gasteiger partial charge in [-0.15, -0.1) is 0 Å². The average Bonchev–Trinajstić information content (AvgIpc) is 2.40. The maximum atomic E-state index is 11.7. The second kappa shape index (κ2) is 5.71. The van der Waals surface area contributed by atoms with Crippen molar-refractivity contribution in [3.05, 3.63) is 46.7 Å². The normalized spacial score (nSPS) is 10.0. The van der Waals surface area contributed by atoms with Crippen LogP contribution in [0.5, 0.6) is 11.5 Å². The van der Waals surface area contributed by atoms with Crippen molar-refractivity contribution in [2.45, 2.75) is 0 Å². The Labute approximate surface area is 118 Å². The molecule has 19 heavy (non-hydrogen) atoms. The predicted molar refractivity (Wildman–Crippen MR) is 74.2 cm³/mol. The van der Waals surface area contributed by atoms with Gasteiger partial charge in [0.15, 0.2) is 0 Å². The number of aromatic nitrogens is 1. The summed E-state index contributed by atoms with van der Waals surface area (Å²) in [5.41, 5.74) is 6.38. The minimum Gasteiger partial charge on any atom is -0.465 e. The molecule has 5 nitrogen and oxygen atoms in total. The lowest BCUT2D eigenvalue weighted by Gasteiger charge is -2.10. The predicted octanol–water partition coefficient (Wildman–Crippen LogP) is 3.01. The van der Waals surface area contributed by atoms with E-state index < -0.39 is 5.97 Å². The summed E-state index contributed by atoms with van der Waals surface area (Å²) in [6.45, 7) is 0. The van der Waals surface area contributed by atoms with E-state index in [1.165, 1.54) is 13.2 Å². The Morgan fingerprint density at radius 1 is 1.32 bits per heavy atom. The zero-order valence-corrected chi connectivity index (χ0v) is 11.7. The van der Waals surface area contributed by atoms with E-state index in [1.807, 2.05) is 0 Å². The highest BCUT2D eigenvalue weighted by atomic mass is 79.9. The molecular weight excluding hydrogens is 312 g/mol. The van der Waals surface area contributed by atoms with Crippen LogP contribution in [0.1, 0.15) is 10.4 Å². The van der Waals surface area contributed by atoms with E-state index in [1.54, 1.807) is 30.6 Å². The van der Waals surface area contributed by atoms with E-state index in [0.29, 0.717) is 17.2 Å². The number of anilines is 1. The molecule has 0 amide bonds. The van der Waals surface area contributed by atoms with Crippen LogP contribution in [0.25, 0.3) is 0 Å². The molecule has 98 valence electrons. The van der Waals surface area contributed by atoms with E-state index in [-0.39, 0.29) is 5.56 Å². The van der Waals surface area contributed by atoms with E-state index >= 15 is 0 Å². The highest BCUT2D eigenvalue weighted by Crippen LogP contribution is 2.28. The number of esters is 1. The number of halogens is 1. The van der Waals surface area contributed by atoms with Crippen LogP contribution in [0.3, 0.4) is 0 Å². The van der Waals surface area contributed by atoms with Gasteiger partial charge in [0.2, 0.25) is 0 Å². The van der Waals surface area contributed by atoms with Gasteiger partial charge in [-0.05, 0) is 40.2 Å². The van der Waals surface area contributed by atoms with Crippen LogP contribution >= 0.6 is 15.9 Å². The van der Waals surface area contributed by atoms with Crippen LogP contribution < -0.4 is 10.5 Å². The first kappa shape index (κ1) is 13.4. The Morgan fingerprint density at radius 2 is 2.11 bits per heavy atom. The van der Waals surface area contributed by atoms with Crippen molar-refractivity contribution < 1.29 is 14.3 Å². The van der Waals surface area contributed by atoms with Crippen molar-refractivity contribution in [2.75, 3.05) is 12.8 Å². The van der Waals surface area contributed by atoms with Crippen molar-refractivity contribution in [1.82, 2.24) is 4.98 Å². The average molecular weight is 323 g/mol. The maximum absolute atomic E-state index is 11.7. The Hall–Kier alpha value is -2.08. The third kappa shape index (κ3) is 3.23. The summed E-state index contributed by atoms with van der Waals surface area (Å²) >= 11 is 3.29. The molecule has 1 heterocycles. The van der Waals surface area contributed by atoms with E-state index in [9.17, 15) is 4.79 Å². The third-order valence-electron chi connectivity index (χ3n) is 2.32. The van der Waals surface area contributed by atoms with Crippen LogP contribution in [-0.2, 0) is 4.74 Å². The number of carbonyl (C=O) groups excluding carboxylic acids is 1. The molecule has 0 aliphatic heterocycles. The van der Waals surface area contributed by atoms with E-state index in [0.717, 1.165) is 4.47 Å². The molecule has 0 spiro atoms. The Balaban J connectivity index is 2.37. The number of benzene rings is 1. The summed E-state index contributed by atoms with van der Waals surface area (Å²) in [5.74, 6) is 0.357. The maximum Gasteiger partial charge on any atom is 0.341 e. The third-order valence-corrected chi connectivity index (χ3v) is 2.75. The molecule has 0 fully saturated rings. The first-order chi connectivity index (χ1) is 9.10. The summed E-state index contributed by atoms with van der Waals surface area (Å²) in [7, 11) is 1.30. The number of hydrogen-bond donors (Lipinski definition) is 1. The van der Waals surface area contributed by atoms with Gasteiger partial charge in [0, 0.05) is 16.4 Å².